The van der Waals surface area contributed by atoms with Crippen molar-refractivity contribution in [2.24, 2.45) is 5.92 Å². The van der Waals surface area contributed by atoms with Crippen LogP contribution in [0.25, 0.3) is 0 Å². The summed E-state index contributed by atoms with van der Waals surface area (Å²) in [5.41, 5.74) is 12.9. The average molecular weight is 1090 g/mol. The third-order valence-electron chi connectivity index (χ3n) is 13.8. The van der Waals surface area contributed by atoms with Crippen LogP contribution in [0.3, 0.4) is 0 Å². The number of aliphatic carboxylic acids is 1. The normalized spacial score (nSPS) is 15.6. The summed E-state index contributed by atoms with van der Waals surface area (Å²) in [5.74, 6) is -5.18. The van der Waals surface area contributed by atoms with Crippen molar-refractivity contribution in [3.63, 3.8) is 0 Å². The molecule has 0 bridgehead atoms. The molecule has 0 spiro atoms. The predicted octanol–water partition coefficient (Wildman–Crippen LogP) is 11.8. The summed E-state index contributed by atoms with van der Waals surface area (Å²) < 4.78 is 59.1. The molecule has 1 saturated heterocycles. The second-order valence-electron chi connectivity index (χ2n) is 19.2. The van der Waals surface area contributed by atoms with Crippen molar-refractivity contribution >= 4 is 40.9 Å². The number of carbonyl (C=O) groups excluding carboxylic acids is 3. The number of para-hydroxylation sites is 1. The van der Waals surface area contributed by atoms with E-state index in [1.54, 1.807) is 29.4 Å². The van der Waals surface area contributed by atoms with Gasteiger partial charge in [0, 0.05) is 66.2 Å². The number of hydrogen-bond acceptors (Lipinski definition) is 9. The number of nitrogens with zero attached hydrogens (tertiary/aromatic N) is 3. The van der Waals surface area contributed by atoms with Crippen molar-refractivity contribution < 1.29 is 56.4 Å². The fourth-order valence-electron chi connectivity index (χ4n) is 9.86. The molecule has 0 saturated carbocycles. The van der Waals surface area contributed by atoms with Crippen molar-refractivity contribution in [3.8, 4) is 0 Å². The molecular formula is C61H61F5N6O7. The van der Waals surface area contributed by atoms with Crippen molar-refractivity contribution in [3.05, 3.63) is 221 Å². The number of aliphatic hydroxyl groups excluding tert-OH is 2. The Morgan fingerprint density at radius 1 is 0.671 bits per heavy atom. The van der Waals surface area contributed by atoms with Crippen LogP contribution in [0, 0.1) is 17.6 Å². The standard InChI is InChI=1S/C59H60F2N6O5.C2HF3O2/c60-43-27-25-40(26-28-43)51(68)34-33-48-56(67(59(48)72)45-31-29-44(61)30-32-45)42-18-13-15-39(37-42)38-65-52(69)23-7-2-1-3-8-24-53(70)66-49-21-10-9-19-46(49)54(47-20-14-36-64-58(47)62)55(50-22-11-12-35-63-50)57(71)41-16-5-4-6-17-41;3-2(4,5)1(6)7/h4-6,9-22,25-32,35-37,48,51,54-57,68,71H,1-3,7-8,23-24,33-34,38H2,(H2,62,64)(H,65,69)(H,66,70);(H,6,7). The second kappa shape index (κ2) is 27.8. The topological polar surface area (TPSA) is 208 Å². The number of β-lactam (4-membered cyclic amide) rings is 1. The van der Waals surface area contributed by atoms with Crippen LogP contribution in [0.15, 0.2) is 170 Å². The molecule has 6 atom stereocenters. The largest absolute Gasteiger partial charge is 0.490 e. The molecule has 1 aliphatic rings. The average Bonchev–Trinajstić information content (AvgIpc) is 3.58. The Kier molecular flexibility index (Phi) is 20.5. The lowest BCUT2D eigenvalue weighted by atomic mass is 9.74. The number of nitrogens with one attached hydrogen (secondary N) is 2. The van der Waals surface area contributed by atoms with E-state index >= 15 is 0 Å². The van der Waals surface area contributed by atoms with Crippen LogP contribution in [0.5, 0.6) is 0 Å². The van der Waals surface area contributed by atoms with Crippen LogP contribution in [0.1, 0.15) is 127 Å². The van der Waals surface area contributed by atoms with Crippen molar-refractivity contribution in [1.82, 2.24) is 15.3 Å². The number of nitrogen functional groups attached to an aromatic ring is 1. The SMILES string of the molecule is Nc1ncccc1C(c1ccccc1NC(=O)CCCCCCCC(=O)NCc1cccc(C2C(CCC(O)c3ccc(F)cc3)C(=O)N2c2ccc(F)cc2)c1)C(c1ccccn1)C(O)c1ccccc1.O=C(O)C(F)(F)F. The quantitative estimate of drug-likeness (QED) is 0.0203. The van der Waals surface area contributed by atoms with Crippen molar-refractivity contribution in [2.75, 3.05) is 16.0 Å². The number of carboxylic acid groups (broad SMARTS) is 1. The van der Waals surface area contributed by atoms with Gasteiger partial charge in [0.25, 0.3) is 0 Å². The second-order valence-corrected chi connectivity index (χ2v) is 19.2. The van der Waals surface area contributed by atoms with E-state index in [0.717, 1.165) is 41.5 Å². The molecule has 0 radical (unpaired) electrons. The Morgan fingerprint density at radius 2 is 1.28 bits per heavy atom. The van der Waals surface area contributed by atoms with Gasteiger partial charge in [0.1, 0.15) is 17.5 Å². The number of carboxylic acids is 1. The molecule has 7 N–H and O–H groups in total. The number of halogens is 5. The summed E-state index contributed by atoms with van der Waals surface area (Å²) in [4.78, 5) is 59.8. The lowest BCUT2D eigenvalue weighted by molar-refractivity contribution is -0.192. The van der Waals surface area contributed by atoms with E-state index in [4.69, 9.17) is 20.6 Å². The molecule has 7 aromatic rings. The first kappa shape index (κ1) is 58.3. The zero-order valence-electron chi connectivity index (χ0n) is 43.0. The maximum absolute atomic E-state index is 13.9. The highest BCUT2D eigenvalue weighted by molar-refractivity contribution is 6.03. The molecule has 13 nitrogen and oxygen atoms in total. The van der Waals surface area contributed by atoms with Gasteiger partial charge in [-0.15, -0.1) is 0 Å². The molecule has 8 rings (SSSR count). The first-order valence-electron chi connectivity index (χ1n) is 25.9. The number of anilines is 3. The number of aromatic nitrogens is 2. The summed E-state index contributed by atoms with van der Waals surface area (Å²) in [7, 11) is 0. The number of alkyl halides is 3. The summed E-state index contributed by atoms with van der Waals surface area (Å²) in [6.45, 7) is 0.295. The highest BCUT2D eigenvalue weighted by Gasteiger charge is 2.48. The van der Waals surface area contributed by atoms with Gasteiger partial charge in [-0.2, -0.15) is 13.2 Å². The smallest absolute Gasteiger partial charge is 0.475 e. The predicted molar refractivity (Wildman–Crippen MR) is 289 cm³/mol. The number of unbranched alkanes of at least 4 members (excludes halogenated alkanes) is 4. The summed E-state index contributed by atoms with van der Waals surface area (Å²) in [6.07, 6.45) is 1.58. The van der Waals surface area contributed by atoms with Crippen LogP contribution in [-0.4, -0.2) is 55.2 Å². The van der Waals surface area contributed by atoms with E-state index in [9.17, 15) is 46.5 Å². The Hall–Kier alpha value is -8.35. The zero-order valence-corrected chi connectivity index (χ0v) is 43.0. The van der Waals surface area contributed by atoms with E-state index in [0.29, 0.717) is 79.1 Å². The summed E-state index contributed by atoms with van der Waals surface area (Å²) >= 11 is 0. The summed E-state index contributed by atoms with van der Waals surface area (Å²) in [5, 5.41) is 36.3. The third-order valence-corrected chi connectivity index (χ3v) is 13.8. The Balaban J connectivity index is 0.00000121. The van der Waals surface area contributed by atoms with Crippen LogP contribution in [0.2, 0.25) is 0 Å². The van der Waals surface area contributed by atoms with E-state index in [1.165, 1.54) is 36.4 Å². The number of nitrogens with two attached hydrogens (primary N) is 1. The molecule has 0 aliphatic carbocycles. The molecule has 412 valence electrons. The fraction of sp³-hybridized carbons (Fsp3) is 0.279. The minimum atomic E-state index is -5.08. The molecule has 18 heteroatoms. The highest BCUT2D eigenvalue weighted by Crippen LogP contribution is 2.49. The van der Waals surface area contributed by atoms with Gasteiger partial charge in [-0.3, -0.25) is 19.4 Å². The van der Waals surface area contributed by atoms with Gasteiger partial charge >= 0.3 is 12.1 Å². The lowest BCUT2D eigenvalue weighted by Crippen LogP contribution is -2.55. The van der Waals surface area contributed by atoms with Gasteiger partial charge in [-0.05, 0) is 114 Å². The van der Waals surface area contributed by atoms with Gasteiger partial charge in [-0.1, -0.05) is 116 Å². The number of pyridine rings is 2. The van der Waals surface area contributed by atoms with Crippen molar-refractivity contribution in [1.29, 1.82) is 0 Å². The van der Waals surface area contributed by atoms with Gasteiger partial charge < -0.3 is 36.6 Å². The van der Waals surface area contributed by atoms with Crippen LogP contribution < -0.4 is 21.3 Å². The number of carbonyl (C=O) groups is 4. The Bertz CT molecular complexity index is 3120. The van der Waals surface area contributed by atoms with Crippen LogP contribution in [0.4, 0.5) is 39.1 Å². The first-order valence-corrected chi connectivity index (χ1v) is 25.9. The van der Waals surface area contributed by atoms with Gasteiger partial charge in [0.2, 0.25) is 17.7 Å². The number of amides is 3. The Morgan fingerprint density at radius 3 is 1.94 bits per heavy atom. The third kappa shape index (κ3) is 15.9. The van der Waals surface area contributed by atoms with E-state index < -0.39 is 53.7 Å². The fourth-order valence-corrected chi connectivity index (χ4v) is 9.86. The van der Waals surface area contributed by atoms with Crippen molar-refractivity contribution in [2.45, 2.75) is 101 Å². The van der Waals surface area contributed by atoms with E-state index in [-0.39, 0.29) is 23.8 Å². The monoisotopic (exact) mass is 1080 g/mol. The number of aliphatic hydroxyl groups is 2. The molecule has 1 aliphatic heterocycles. The number of benzene rings is 5. The molecular weight excluding hydrogens is 1020 g/mol. The van der Waals surface area contributed by atoms with Gasteiger partial charge in [-0.25, -0.2) is 18.6 Å². The zero-order chi connectivity index (χ0) is 56.5. The minimum absolute atomic E-state index is 0.0780. The van der Waals surface area contributed by atoms with E-state index in [2.05, 4.69) is 15.6 Å². The van der Waals surface area contributed by atoms with Crippen LogP contribution in [-0.2, 0) is 25.7 Å². The molecule has 1 fully saturated rings. The molecule has 5 aromatic carbocycles. The number of hydrogen-bond donors (Lipinski definition) is 6. The maximum atomic E-state index is 13.9. The van der Waals surface area contributed by atoms with Gasteiger partial charge in [0.05, 0.1) is 24.2 Å². The lowest BCUT2D eigenvalue weighted by Gasteiger charge is -2.48. The molecule has 3 amide bonds. The molecule has 2 aromatic heterocycles. The Labute approximate surface area is 454 Å². The first-order chi connectivity index (χ1) is 38.0. The minimum Gasteiger partial charge on any atom is -0.475 e. The highest BCUT2D eigenvalue weighted by atomic mass is 19.4. The van der Waals surface area contributed by atoms with E-state index in [1.807, 2.05) is 109 Å². The summed E-state index contributed by atoms with van der Waals surface area (Å²) in [6, 6.07) is 45.1. The molecule has 6 unspecified atom stereocenters. The number of rotatable bonds is 23. The maximum Gasteiger partial charge on any atom is 0.490 e. The van der Waals surface area contributed by atoms with Crippen LogP contribution >= 0.6 is 0 Å². The molecule has 3 heterocycles. The van der Waals surface area contributed by atoms with Gasteiger partial charge in [0.15, 0.2) is 0 Å². The molecule has 79 heavy (non-hydrogen) atoms.